The molecule has 2 aromatic rings. The number of piperazine rings is 1. The van der Waals surface area contributed by atoms with Gasteiger partial charge in [0.15, 0.2) is 0 Å². The maximum Gasteiger partial charge on any atom is 0.381 e. The molecule has 3 rings (SSSR count). The second-order valence-electron chi connectivity index (χ2n) is 6.43. The fourth-order valence-electron chi connectivity index (χ4n) is 3.25. The number of imidazole rings is 1. The summed E-state index contributed by atoms with van der Waals surface area (Å²) in [5, 5.41) is 14.2. The molecule has 2 heterocycles. The number of amides is 1. The predicted molar refractivity (Wildman–Crippen MR) is 104 cm³/mol. The van der Waals surface area contributed by atoms with Crippen molar-refractivity contribution in [1.29, 1.82) is 0 Å². The van der Waals surface area contributed by atoms with E-state index in [1.807, 2.05) is 4.90 Å². The number of aromatic nitrogens is 2. The Labute approximate surface area is 164 Å². The molecule has 9 heteroatoms. The van der Waals surface area contributed by atoms with Gasteiger partial charge in [-0.25, -0.2) is 0 Å². The Balaban J connectivity index is 0.00000261. The smallest absolute Gasteiger partial charge is 0.358 e. The van der Waals surface area contributed by atoms with Crippen molar-refractivity contribution in [2.45, 2.75) is 32.9 Å². The van der Waals surface area contributed by atoms with Gasteiger partial charge in [-0.05, 0) is 27.5 Å². The summed E-state index contributed by atoms with van der Waals surface area (Å²) in [6.45, 7) is 5.86. The lowest BCUT2D eigenvalue weighted by molar-refractivity contribution is -0.389. The van der Waals surface area contributed by atoms with E-state index in [1.54, 1.807) is 11.5 Å². The van der Waals surface area contributed by atoms with Crippen LogP contribution in [-0.2, 0) is 17.8 Å². The van der Waals surface area contributed by atoms with Crippen LogP contribution in [0.4, 0.5) is 5.82 Å². The fraction of sp³-hybridized carbons (Fsp3) is 0.444. The van der Waals surface area contributed by atoms with Gasteiger partial charge >= 0.3 is 5.82 Å². The maximum atomic E-state index is 12.9. The summed E-state index contributed by atoms with van der Waals surface area (Å²) in [7, 11) is 0. The Morgan fingerprint density at radius 1 is 1.37 bits per heavy atom. The third-order valence-corrected chi connectivity index (χ3v) is 4.79. The van der Waals surface area contributed by atoms with Crippen molar-refractivity contribution in [2.24, 2.45) is 0 Å². The number of hydrogen-bond acceptors (Lipinski definition) is 5. The minimum Gasteiger partial charge on any atom is -0.358 e. The lowest BCUT2D eigenvalue weighted by Crippen LogP contribution is -2.49. The number of hydrogen-bond donors (Lipinski definition) is 1. The van der Waals surface area contributed by atoms with Gasteiger partial charge in [-0.1, -0.05) is 31.2 Å². The highest BCUT2D eigenvalue weighted by Crippen LogP contribution is 2.23. The first-order chi connectivity index (χ1) is 12.5. The van der Waals surface area contributed by atoms with Crippen molar-refractivity contribution in [3.63, 3.8) is 0 Å². The van der Waals surface area contributed by atoms with E-state index in [1.165, 1.54) is 11.8 Å². The predicted octanol–water partition coefficient (Wildman–Crippen LogP) is 2.26. The molecule has 1 aromatic heterocycles. The zero-order valence-electron chi connectivity index (χ0n) is 15.4. The van der Waals surface area contributed by atoms with Crippen LogP contribution in [-0.4, -0.2) is 44.9 Å². The van der Waals surface area contributed by atoms with E-state index in [-0.39, 0.29) is 36.7 Å². The Kier molecular flexibility index (Phi) is 6.92. The van der Waals surface area contributed by atoms with Crippen LogP contribution in [0.1, 0.15) is 29.9 Å². The number of benzene rings is 1. The molecule has 1 aliphatic heterocycles. The minimum absolute atomic E-state index is 0. The molecule has 1 amide bonds. The molecule has 0 radical (unpaired) electrons. The molecular weight excluding hydrogens is 370 g/mol. The molecule has 8 nitrogen and oxygen atoms in total. The van der Waals surface area contributed by atoms with E-state index < -0.39 is 4.92 Å². The van der Waals surface area contributed by atoms with Crippen molar-refractivity contribution in [1.82, 2.24) is 19.8 Å². The molecule has 1 unspecified atom stereocenters. The van der Waals surface area contributed by atoms with Gasteiger partial charge in [-0.3, -0.25) is 9.36 Å². The van der Waals surface area contributed by atoms with Gasteiger partial charge in [0.1, 0.15) is 12.7 Å². The quantitative estimate of drug-likeness (QED) is 0.621. The number of carbonyl (C=O) groups excluding carboxylic acids is 1. The lowest BCUT2D eigenvalue weighted by atomic mass is 10.0. The number of nitrogens with one attached hydrogen (secondary N) is 1. The molecule has 1 aromatic carbocycles. The van der Waals surface area contributed by atoms with Crippen LogP contribution in [0.5, 0.6) is 0 Å². The third-order valence-electron chi connectivity index (χ3n) is 4.79. The van der Waals surface area contributed by atoms with E-state index in [9.17, 15) is 14.9 Å². The second kappa shape index (κ2) is 8.96. The number of aryl methyl sites for hydroxylation is 2. The number of nitro groups is 1. The van der Waals surface area contributed by atoms with Crippen molar-refractivity contribution in [3.05, 3.63) is 57.5 Å². The molecule has 1 aliphatic rings. The highest BCUT2D eigenvalue weighted by molar-refractivity contribution is 5.85. The Hall–Kier alpha value is -2.45. The summed E-state index contributed by atoms with van der Waals surface area (Å²) in [4.78, 5) is 28.9. The van der Waals surface area contributed by atoms with Gasteiger partial charge < -0.3 is 20.3 Å². The largest absolute Gasteiger partial charge is 0.381 e. The molecule has 1 N–H and O–H groups in total. The zero-order valence-corrected chi connectivity index (χ0v) is 16.2. The van der Waals surface area contributed by atoms with Crippen LogP contribution in [0.3, 0.4) is 0 Å². The molecule has 0 spiro atoms. The standard InChI is InChI=1S/C18H23N5O3.ClH/c1-3-14-4-6-15(7-5-14)16-10-19-8-9-22(16)18(24)12-21-11-17(23(25)26)20-13(21)2;/h4-7,11,16,19H,3,8-10,12H2,1-2H3;1H. The van der Waals surface area contributed by atoms with E-state index in [4.69, 9.17) is 0 Å². The highest BCUT2D eigenvalue weighted by atomic mass is 35.5. The zero-order chi connectivity index (χ0) is 18.7. The SMILES string of the molecule is CCc1ccc(C2CNCCN2C(=O)Cn2cc([N+](=O)[O-])nc2C)cc1.Cl. The Morgan fingerprint density at radius 3 is 2.67 bits per heavy atom. The molecule has 0 aliphatic carbocycles. The van der Waals surface area contributed by atoms with Crippen LogP contribution in [0.25, 0.3) is 0 Å². The van der Waals surface area contributed by atoms with Gasteiger partial charge in [-0.15, -0.1) is 12.4 Å². The van der Waals surface area contributed by atoms with Gasteiger partial charge in [-0.2, -0.15) is 0 Å². The molecule has 0 bridgehead atoms. The van der Waals surface area contributed by atoms with Crippen molar-refractivity contribution >= 4 is 24.1 Å². The minimum atomic E-state index is -0.545. The van der Waals surface area contributed by atoms with Gasteiger partial charge in [0, 0.05) is 26.6 Å². The summed E-state index contributed by atoms with van der Waals surface area (Å²) < 4.78 is 1.54. The summed E-state index contributed by atoms with van der Waals surface area (Å²) in [5.41, 5.74) is 2.35. The summed E-state index contributed by atoms with van der Waals surface area (Å²) in [5.74, 6) is 0.165. The average molecular weight is 394 g/mol. The van der Waals surface area contributed by atoms with Crippen LogP contribution in [0, 0.1) is 17.0 Å². The molecule has 1 saturated heterocycles. The molecule has 1 atom stereocenters. The fourth-order valence-corrected chi connectivity index (χ4v) is 3.25. The van der Waals surface area contributed by atoms with Gasteiger partial charge in [0.25, 0.3) is 0 Å². The number of halogens is 1. The number of carbonyl (C=O) groups is 1. The van der Waals surface area contributed by atoms with E-state index >= 15 is 0 Å². The lowest BCUT2D eigenvalue weighted by Gasteiger charge is -2.36. The summed E-state index contributed by atoms with van der Waals surface area (Å²) in [6.07, 6.45) is 2.30. The van der Waals surface area contributed by atoms with Crippen LogP contribution in [0.15, 0.2) is 30.5 Å². The second-order valence-corrected chi connectivity index (χ2v) is 6.43. The van der Waals surface area contributed by atoms with Crippen molar-refractivity contribution in [2.75, 3.05) is 19.6 Å². The summed E-state index contributed by atoms with van der Waals surface area (Å²) in [6, 6.07) is 8.29. The van der Waals surface area contributed by atoms with Crippen molar-refractivity contribution in [3.8, 4) is 0 Å². The topological polar surface area (TPSA) is 93.3 Å². The number of rotatable bonds is 5. The molecule has 27 heavy (non-hydrogen) atoms. The maximum absolute atomic E-state index is 12.9. The Bertz CT molecular complexity index is 806. The van der Waals surface area contributed by atoms with E-state index in [0.717, 1.165) is 18.5 Å². The first-order valence-corrected chi connectivity index (χ1v) is 8.76. The van der Waals surface area contributed by atoms with Crippen molar-refractivity contribution < 1.29 is 9.72 Å². The first kappa shape index (κ1) is 20.9. The Morgan fingerprint density at radius 2 is 2.07 bits per heavy atom. The molecule has 1 fully saturated rings. The number of nitrogens with zero attached hydrogens (tertiary/aromatic N) is 4. The van der Waals surface area contributed by atoms with Gasteiger partial charge in [0.2, 0.25) is 11.7 Å². The van der Waals surface area contributed by atoms with Crippen LogP contribution >= 0.6 is 12.4 Å². The third kappa shape index (κ3) is 4.64. The highest BCUT2D eigenvalue weighted by Gasteiger charge is 2.29. The van der Waals surface area contributed by atoms with Crippen LogP contribution < -0.4 is 5.32 Å². The van der Waals surface area contributed by atoms with E-state index in [0.29, 0.717) is 18.9 Å². The monoisotopic (exact) mass is 393 g/mol. The van der Waals surface area contributed by atoms with E-state index in [2.05, 4.69) is 41.5 Å². The summed E-state index contributed by atoms with van der Waals surface area (Å²) >= 11 is 0. The molecule has 146 valence electrons. The molecule has 0 saturated carbocycles. The average Bonchev–Trinajstić information content (AvgIpc) is 3.02. The normalized spacial score (nSPS) is 16.7. The van der Waals surface area contributed by atoms with Crippen LogP contribution in [0.2, 0.25) is 0 Å². The molecular formula is C18H24ClN5O3. The van der Waals surface area contributed by atoms with Gasteiger partial charge in [0.05, 0.1) is 6.04 Å². The first-order valence-electron chi connectivity index (χ1n) is 8.76.